The van der Waals surface area contributed by atoms with Gasteiger partial charge >= 0.3 is 0 Å². The second-order valence-electron chi connectivity index (χ2n) is 11.2. The summed E-state index contributed by atoms with van der Waals surface area (Å²) in [7, 11) is 1.76. The number of para-hydroxylation sites is 1. The number of imide groups is 1. The fraction of sp³-hybridized carbons (Fsp3) is 0.400. The quantitative estimate of drug-likeness (QED) is 0.489. The van der Waals surface area contributed by atoms with Crippen LogP contribution in [0.2, 0.25) is 0 Å². The van der Waals surface area contributed by atoms with E-state index >= 15 is 0 Å². The van der Waals surface area contributed by atoms with Crippen molar-refractivity contribution in [3.8, 4) is 0 Å². The third kappa shape index (κ3) is 4.09. The molecule has 6 rings (SSSR count). The maximum absolute atomic E-state index is 14.2. The van der Waals surface area contributed by atoms with Gasteiger partial charge in [0.05, 0.1) is 23.0 Å². The van der Waals surface area contributed by atoms with E-state index in [1.807, 2.05) is 30.3 Å². The fourth-order valence-electron chi connectivity index (χ4n) is 6.79. The summed E-state index contributed by atoms with van der Waals surface area (Å²) < 4.78 is 1.33. The summed E-state index contributed by atoms with van der Waals surface area (Å²) in [6.45, 7) is 1.64. The molecule has 206 valence electrons. The number of benzene rings is 2. The van der Waals surface area contributed by atoms with Crippen LogP contribution in [-0.2, 0) is 19.2 Å². The maximum Gasteiger partial charge on any atom is 0.262 e. The third-order valence-corrected chi connectivity index (χ3v) is 8.95. The van der Waals surface area contributed by atoms with Crippen LogP contribution in [0.15, 0.2) is 53.3 Å². The second-order valence-corrected chi connectivity index (χ2v) is 11.2. The average molecular weight is 542 g/mol. The van der Waals surface area contributed by atoms with Gasteiger partial charge in [-0.05, 0) is 49.3 Å². The standard InChI is InChI=1S/C30H31N5O5/c1-17-31-25-19(29(40)35(17)21-12-13-22(36)33-27(21)38)10-6-11-20(25)32-28(39)24-26(18-8-4-3-5-9-18)34(2)23(37)16-30(24)14-7-15-30/h3-6,8-11,21,24,26H,7,12-16H2,1-2H3,(H,32,39)(H,33,36,38)/t21?,24-,26+/m0/s1. The Morgan fingerprint density at radius 1 is 1.05 bits per heavy atom. The zero-order valence-corrected chi connectivity index (χ0v) is 22.5. The number of amides is 4. The number of hydrogen-bond acceptors (Lipinski definition) is 6. The van der Waals surface area contributed by atoms with Crippen molar-refractivity contribution in [3.05, 3.63) is 70.3 Å². The van der Waals surface area contributed by atoms with Gasteiger partial charge in [0, 0.05) is 19.9 Å². The lowest BCUT2D eigenvalue weighted by molar-refractivity contribution is -0.158. The van der Waals surface area contributed by atoms with E-state index in [9.17, 15) is 24.0 Å². The van der Waals surface area contributed by atoms with E-state index in [-0.39, 0.29) is 35.9 Å². The minimum Gasteiger partial charge on any atom is -0.338 e. The van der Waals surface area contributed by atoms with Crippen molar-refractivity contribution in [2.24, 2.45) is 11.3 Å². The molecule has 2 aromatic carbocycles. The number of piperidine rings is 2. The number of likely N-dealkylation sites (tertiary alicyclic amines) is 1. The number of carbonyl (C=O) groups excluding carboxylic acids is 4. The van der Waals surface area contributed by atoms with Gasteiger partial charge in [-0.15, -0.1) is 0 Å². The Bertz CT molecular complexity index is 1610. The zero-order chi connectivity index (χ0) is 28.2. The van der Waals surface area contributed by atoms with E-state index in [2.05, 4.69) is 15.6 Å². The molecule has 1 unspecified atom stereocenters. The van der Waals surface area contributed by atoms with Crippen LogP contribution in [0.4, 0.5) is 5.69 Å². The van der Waals surface area contributed by atoms with Crippen molar-refractivity contribution in [2.45, 2.75) is 57.5 Å². The van der Waals surface area contributed by atoms with Gasteiger partial charge in [-0.3, -0.25) is 33.9 Å². The first-order valence-corrected chi connectivity index (χ1v) is 13.7. The molecular weight excluding hydrogens is 510 g/mol. The number of nitrogens with one attached hydrogen (secondary N) is 2. The van der Waals surface area contributed by atoms with Crippen LogP contribution >= 0.6 is 0 Å². The lowest BCUT2D eigenvalue weighted by Crippen LogP contribution is -2.57. The Morgan fingerprint density at radius 2 is 1.80 bits per heavy atom. The molecule has 3 heterocycles. The van der Waals surface area contributed by atoms with E-state index in [4.69, 9.17) is 0 Å². The first-order chi connectivity index (χ1) is 19.2. The Morgan fingerprint density at radius 3 is 2.48 bits per heavy atom. The number of rotatable bonds is 4. The smallest absolute Gasteiger partial charge is 0.262 e. The van der Waals surface area contributed by atoms with E-state index in [1.54, 1.807) is 37.1 Å². The van der Waals surface area contributed by atoms with Gasteiger partial charge in [-0.1, -0.05) is 42.8 Å². The molecule has 1 saturated carbocycles. The van der Waals surface area contributed by atoms with Crippen LogP contribution in [0.5, 0.6) is 0 Å². The molecule has 1 spiro atoms. The summed E-state index contributed by atoms with van der Waals surface area (Å²) >= 11 is 0. The number of aromatic nitrogens is 2. The molecular formula is C30H31N5O5. The summed E-state index contributed by atoms with van der Waals surface area (Å²) in [5.41, 5.74) is 0.817. The summed E-state index contributed by atoms with van der Waals surface area (Å²) in [6, 6.07) is 13.4. The molecule has 40 heavy (non-hydrogen) atoms. The maximum atomic E-state index is 14.2. The number of carbonyl (C=O) groups is 4. The first kappa shape index (κ1) is 25.9. The molecule has 4 amide bonds. The third-order valence-electron chi connectivity index (χ3n) is 8.95. The van der Waals surface area contributed by atoms with Gasteiger partial charge in [0.2, 0.25) is 23.6 Å². The Kier molecular flexibility index (Phi) is 6.28. The fourth-order valence-corrected chi connectivity index (χ4v) is 6.79. The predicted octanol–water partition coefficient (Wildman–Crippen LogP) is 3.01. The average Bonchev–Trinajstić information content (AvgIpc) is 2.91. The number of nitrogens with zero attached hydrogens (tertiary/aromatic N) is 3. The normalized spacial score (nSPS) is 24.1. The zero-order valence-electron chi connectivity index (χ0n) is 22.5. The van der Waals surface area contributed by atoms with Crippen molar-refractivity contribution in [1.82, 2.24) is 19.8 Å². The molecule has 2 saturated heterocycles. The summed E-state index contributed by atoms with van der Waals surface area (Å²) in [5.74, 6) is -1.23. The van der Waals surface area contributed by atoms with Crippen LogP contribution in [0.1, 0.15) is 62.0 Å². The molecule has 1 aromatic heterocycles. The molecule has 0 bridgehead atoms. The van der Waals surface area contributed by atoms with Crippen molar-refractivity contribution in [3.63, 3.8) is 0 Å². The van der Waals surface area contributed by atoms with Crippen LogP contribution in [0.3, 0.4) is 0 Å². The van der Waals surface area contributed by atoms with Gasteiger partial charge in [-0.25, -0.2) is 4.98 Å². The molecule has 3 aliphatic rings. The SMILES string of the molecule is Cc1nc2c(NC(=O)[C@@H]3[C@@H](c4ccccc4)N(C)C(=O)CC34CCC4)cccc2c(=O)n1C1CCC(=O)NC1=O. The highest BCUT2D eigenvalue weighted by Gasteiger charge is 2.57. The highest BCUT2D eigenvalue weighted by atomic mass is 16.2. The van der Waals surface area contributed by atoms with Crippen molar-refractivity contribution >= 4 is 40.2 Å². The van der Waals surface area contributed by atoms with Crippen LogP contribution in [-0.4, -0.2) is 45.1 Å². The van der Waals surface area contributed by atoms with Gasteiger partial charge in [-0.2, -0.15) is 0 Å². The largest absolute Gasteiger partial charge is 0.338 e. The van der Waals surface area contributed by atoms with Gasteiger partial charge in [0.1, 0.15) is 17.4 Å². The van der Waals surface area contributed by atoms with Crippen molar-refractivity contribution in [2.75, 3.05) is 12.4 Å². The summed E-state index contributed by atoms with van der Waals surface area (Å²) in [6.07, 6.45) is 3.26. The van der Waals surface area contributed by atoms with Crippen molar-refractivity contribution < 1.29 is 19.2 Å². The van der Waals surface area contributed by atoms with E-state index in [1.165, 1.54) is 4.57 Å². The molecule has 3 aromatic rings. The van der Waals surface area contributed by atoms with Gasteiger partial charge in [0.15, 0.2) is 0 Å². The van der Waals surface area contributed by atoms with E-state index < -0.39 is 34.9 Å². The van der Waals surface area contributed by atoms with E-state index in [0.29, 0.717) is 23.4 Å². The summed E-state index contributed by atoms with van der Waals surface area (Å²) in [5, 5.41) is 5.63. The van der Waals surface area contributed by atoms with Crippen LogP contribution < -0.4 is 16.2 Å². The lowest BCUT2D eigenvalue weighted by Gasteiger charge is -2.55. The van der Waals surface area contributed by atoms with Crippen LogP contribution in [0, 0.1) is 18.3 Å². The molecule has 2 N–H and O–H groups in total. The number of anilines is 1. The summed E-state index contributed by atoms with van der Waals surface area (Å²) in [4.78, 5) is 71.3. The molecule has 10 heteroatoms. The Balaban J connectivity index is 1.39. The predicted molar refractivity (Wildman–Crippen MR) is 147 cm³/mol. The van der Waals surface area contributed by atoms with Crippen molar-refractivity contribution in [1.29, 1.82) is 0 Å². The van der Waals surface area contributed by atoms with Gasteiger partial charge < -0.3 is 10.2 Å². The topological polar surface area (TPSA) is 130 Å². The minimum absolute atomic E-state index is 0.0362. The molecule has 3 fully saturated rings. The van der Waals surface area contributed by atoms with E-state index in [0.717, 1.165) is 24.8 Å². The monoisotopic (exact) mass is 541 g/mol. The molecule has 3 atom stereocenters. The molecule has 10 nitrogen and oxygen atoms in total. The lowest BCUT2D eigenvalue weighted by atomic mass is 9.54. The molecule has 2 aliphatic heterocycles. The Labute approximate surface area is 230 Å². The van der Waals surface area contributed by atoms with Crippen LogP contribution in [0.25, 0.3) is 10.9 Å². The highest BCUT2D eigenvalue weighted by Crippen LogP contribution is 2.58. The minimum atomic E-state index is -0.833. The number of fused-ring (bicyclic) bond motifs is 1. The Hall–Kier alpha value is -4.34. The van der Waals surface area contributed by atoms with Gasteiger partial charge in [0.25, 0.3) is 5.56 Å². The molecule has 0 radical (unpaired) electrons. The second kappa shape index (κ2) is 9.69. The molecule has 1 aliphatic carbocycles. The highest BCUT2D eigenvalue weighted by molar-refractivity contribution is 6.03. The number of hydrogen-bond donors (Lipinski definition) is 2. The number of aryl methyl sites for hydroxylation is 1. The first-order valence-electron chi connectivity index (χ1n) is 13.7.